The zero-order valence-corrected chi connectivity index (χ0v) is 16.8. The van der Waals surface area contributed by atoms with Crippen LogP contribution in [0.3, 0.4) is 0 Å². The third-order valence-corrected chi connectivity index (χ3v) is 5.58. The fourth-order valence-electron chi connectivity index (χ4n) is 2.84. The number of carboxylic acid groups (broad SMARTS) is 1. The highest BCUT2D eigenvalue weighted by atomic mass is 35.5. The van der Waals surface area contributed by atoms with Gasteiger partial charge in [-0.25, -0.2) is 4.79 Å². The van der Waals surface area contributed by atoms with Crippen molar-refractivity contribution in [2.75, 3.05) is 13.1 Å². The first-order valence-electron chi connectivity index (χ1n) is 8.71. The predicted octanol–water partition coefficient (Wildman–Crippen LogP) is 5.90. The summed E-state index contributed by atoms with van der Waals surface area (Å²) >= 11 is 7.82. The molecule has 2 N–H and O–H groups in total. The minimum atomic E-state index is -5.08. The second kappa shape index (κ2) is 10.2. The van der Waals surface area contributed by atoms with Gasteiger partial charge in [0.2, 0.25) is 0 Å². The molecule has 3 nitrogen and oxygen atoms in total. The minimum Gasteiger partial charge on any atom is -0.475 e. The molecule has 2 aromatic rings. The first-order chi connectivity index (χ1) is 13.2. The lowest BCUT2D eigenvalue weighted by molar-refractivity contribution is -0.192. The van der Waals surface area contributed by atoms with Gasteiger partial charge in [0.05, 0.1) is 0 Å². The van der Waals surface area contributed by atoms with Crippen LogP contribution in [0.2, 0.25) is 5.02 Å². The van der Waals surface area contributed by atoms with Crippen molar-refractivity contribution < 1.29 is 23.1 Å². The molecule has 2 aromatic carbocycles. The van der Waals surface area contributed by atoms with Crippen molar-refractivity contribution in [3.05, 3.63) is 58.6 Å². The highest BCUT2D eigenvalue weighted by Crippen LogP contribution is 2.37. The number of halogens is 4. The molecule has 0 atom stereocenters. The molecular weight excluding hydrogens is 411 g/mol. The Hall–Kier alpha value is -1.70. The summed E-state index contributed by atoms with van der Waals surface area (Å²) in [6, 6.07) is 15.0. The average molecular weight is 432 g/mol. The zero-order chi connectivity index (χ0) is 20.7. The molecule has 1 heterocycles. The van der Waals surface area contributed by atoms with Crippen LogP contribution in [0.15, 0.2) is 52.3 Å². The average Bonchev–Trinajstić information content (AvgIpc) is 2.65. The Morgan fingerprint density at radius 2 is 1.71 bits per heavy atom. The van der Waals surface area contributed by atoms with Crippen LogP contribution >= 0.6 is 23.4 Å². The fraction of sp³-hybridized carbons (Fsp3) is 0.350. The van der Waals surface area contributed by atoms with Crippen LogP contribution in [0.5, 0.6) is 0 Å². The van der Waals surface area contributed by atoms with Crippen molar-refractivity contribution in [2.45, 2.75) is 41.7 Å². The van der Waals surface area contributed by atoms with Crippen molar-refractivity contribution in [1.82, 2.24) is 5.32 Å². The highest BCUT2D eigenvalue weighted by Gasteiger charge is 2.38. The van der Waals surface area contributed by atoms with Gasteiger partial charge in [0.15, 0.2) is 0 Å². The van der Waals surface area contributed by atoms with Crippen LogP contribution in [0.4, 0.5) is 13.2 Å². The molecule has 8 heteroatoms. The summed E-state index contributed by atoms with van der Waals surface area (Å²) in [6.07, 6.45) is -2.62. The second-order valence-corrected chi connectivity index (χ2v) is 7.98. The summed E-state index contributed by atoms with van der Waals surface area (Å²) in [5.74, 6) is -2.08. The molecule has 0 unspecified atom stereocenters. The maximum atomic E-state index is 10.6. The van der Waals surface area contributed by atoms with Crippen molar-refractivity contribution in [2.24, 2.45) is 0 Å². The normalized spacial score (nSPS) is 14.9. The fourth-order valence-corrected chi connectivity index (χ4v) is 3.97. The van der Waals surface area contributed by atoms with E-state index in [1.807, 2.05) is 23.9 Å². The Bertz CT molecular complexity index is 791. The summed E-state index contributed by atoms with van der Waals surface area (Å²) in [6.45, 7) is 4.44. The predicted molar refractivity (Wildman–Crippen MR) is 105 cm³/mol. The molecular formula is C20H21ClF3NO2S. The third-order valence-electron chi connectivity index (χ3n) is 4.23. The lowest BCUT2D eigenvalue weighted by Gasteiger charge is -2.25. The molecule has 1 aliphatic heterocycles. The van der Waals surface area contributed by atoms with E-state index >= 15 is 0 Å². The molecule has 0 aliphatic carbocycles. The zero-order valence-electron chi connectivity index (χ0n) is 15.2. The van der Waals surface area contributed by atoms with Gasteiger partial charge in [-0.3, -0.25) is 0 Å². The van der Waals surface area contributed by atoms with Crippen LogP contribution in [0.1, 0.15) is 29.9 Å². The van der Waals surface area contributed by atoms with Gasteiger partial charge in [0.25, 0.3) is 0 Å². The second-order valence-electron chi connectivity index (χ2n) is 6.42. The van der Waals surface area contributed by atoms with Gasteiger partial charge in [0.1, 0.15) is 0 Å². The van der Waals surface area contributed by atoms with Crippen LogP contribution in [-0.2, 0) is 4.79 Å². The van der Waals surface area contributed by atoms with Gasteiger partial charge in [0, 0.05) is 14.8 Å². The topological polar surface area (TPSA) is 49.3 Å². The van der Waals surface area contributed by atoms with Gasteiger partial charge in [-0.2, -0.15) is 13.2 Å². The molecule has 0 bridgehead atoms. The van der Waals surface area contributed by atoms with Crippen LogP contribution in [0.25, 0.3) is 0 Å². The number of rotatable bonds is 3. The lowest BCUT2D eigenvalue weighted by atomic mass is 9.89. The summed E-state index contributed by atoms with van der Waals surface area (Å²) < 4.78 is 31.7. The van der Waals surface area contributed by atoms with Crippen molar-refractivity contribution in [3.63, 3.8) is 0 Å². The number of carbonyl (C=O) groups is 1. The molecule has 0 spiro atoms. The van der Waals surface area contributed by atoms with E-state index in [-0.39, 0.29) is 0 Å². The molecule has 0 amide bonds. The van der Waals surface area contributed by atoms with Gasteiger partial charge < -0.3 is 10.4 Å². The highest BCUT2D eigenvalue weighted by molar-refractivity contribution is 7.99. The molecule has 28 heavy (non-hydrogen) atoms. The van der Waals surface area contributed by atoms with E-state index in [4.69, 9.17) is 21.5 Å². The lowest BCUT2D eigenvalue weighted by Crippen LogP contribution is -2.26. The van der Waals surface area contributed by atoms with E-state index in [1.165, 1.54) is 33.8 Å². The van der Waals surface area contributed by atoms with Gasteiger partial charge >= 0.3 is 12.1 Å². The number of carboxylic acids is 1. The quantitative estimate of drug-likeness (QED) is 0.635. The molecule has 0 saturated carbocycles. The minimum absolute atomic E-state index is 0.681. The van der Waals surface area contributed by atoms with E-state index in [2.05, 4.69) is 42.6 Å². The van der Waals surface area contributed by atoms with E-state index < -0.39 is 12.1 Å². The number of aliphatic carboxylic acids is 1. The number of hydrogen-bond donors (Lipinski definition) is 2. The van der Waals surface area contributed by atoms with Crippen LogP contribution < -0.4 is 5.32 Å². The number of aryl methyl sites for hydroxylation is 1. The largest absolute Gasteiger partial charge is 0.490 e. The van der Waals surface area contributed by atoms with Gasteiger partial charge in [-0.05, 0) is 74.7 Å². The van der Waals surface area contributed by atoms with Crippen molar-refractivity contribution >= 4 is 29.3 Å². The van der Waals surface area contributed by atoms with E-state index in [0.29, 0.717) is 5.92 Å². The Balaban J connectivity index is 0.000000345. The molecule has 1 saturated heterocycles. The Morgan fingerprint density at radius 1 is 1.14 bits per heavy atom. The number of nitrogens with one attached hydrogen (secondary N) is 1. The standard InChI is InChI=1S/C18H20ClNS.C2HF3O2/c1-13-2-7-18(21-16-5-3-15(19)4-6-16)17(12-13)14-8-10-20-11-9-14;3-2(4,5)1(6)7/h2-7,12,14,20H,8-11H2,1H3;(H,6,7). The first kappa shape index (κ1) is 22.6. The maximum absolute atomic E-state index is 10.6. The van der Waals surface area contributed by atoms with Gasteiger partial charge in [-0.15, -0.1) is 0 Å². The summed E-state index contributed by atoms with van der Waals surface area (Å²) in [7, 11) is 0. The number of benzene rings is 2. The summed E-state index contributed by atoms with van der Waals surface area (Å²) in [5.41, 5.74) is 2.86. The van der Waals surface area contributed by atoms with Crippen LogP contribution in [-0.4, -0.2) is 30.3 Å². The number of hydrogen-bond acceptors (Lipinski definition) is 3. The molecule has 1 aliphatic rings. The van der Waals surface area contributed by atoms with Crippen molar-refractivity contribution in [1.29, 1.82) is 0 Å². The molecule has 3 rings (SSSR count). The Morgan fingerprint density at radius 3 is 2.25 bits per heavy atom. The Kier molecular flexibility index (Phi) is 8.22. The van der Waals surface area contributed by atoms with Crippen molar-refractivity contribution in [3.8, 4) is 0 Å². The number of piperidine rings is 1. The summed E-state index contributed by atoms with van der Waals surface area (Å²) in [5, 5.41) is 11.4. The van der Waals surface area contributed by atoms with E-state index in [1.54, 1.807) is 0 Å². The van der Waals surface area contributed by atoms with Crippen LogP contribution in [0, 0.1) is 6.92 Å². The Labute approximate surface area is 171 Å². The summed E-state index contributed by atoms with van der Waals surface area (Å²) in [4.78, 5) is 11.5. The molecule has 0 aromatic heterocycles. The third kappa shape index (κ3) is 7.04. The smallest absolute Gasteiger partial charge is 0.475 e. The first-order valence-corrected chi connectivity index (χ1v) is 9.91. The molecule has 0 radical (unpaired) electrons. The van der Waals surface area contributed by atoms with E-state index in [0.717, 1.165) is 18.1 Å². The molecule has 1 fully saturated rings. The SMILES string of the molecule is Cc1ccc(Sc2ccc(Cl)cc2)c(C2CCNCC2)c1.O=C(O)C(F)(F)F. The van der Waals surface area contributed by atoms with Gasteiger partial charge in [-0.1, -0.05) is 41.1 Å². The number of alkyl halides is 3. The van der Waals surface area contributed by atoms with E-state index in [9.17, 15) is 13.2 Å². The maximum Gasteiger partial charge on any atom is 0.490 e. The molecule has 152 valence electrons. The monoisotopic (exact) mass is 431 g/mol.